The predicted octanol–water partition coefficient (Wildman–Crippen LogP) is 4.58. The van der Waals surface area contributed by atoms with E-state index in [1.54, 1.807) is 24.4 Å². The normalized spacial score (nSPS) is 15.3. The van der Waals surface area contributed by atoms with Crippen molar-refractivity contribution in [1.82, 2.24) is 15.1 Å². The van der Waals surface area contributed by atoms with Gasteiger partial charge in [-0.05, 0) is 37.5 Å². The summed E-state index contributed by atoms with van der Waals surface area (Å²) in [6, 6.07) is 5.23. The molecule has 1 saturated carbocycles. The van der Waals surface area contributed by atoms with Crippen LogP contribution in [0.1, 0.15) is 36.9 Å². The van der Waals surface area contributed by atoms with Gasteiger partial charge in [0.2, 0.25) is 5.89 Å². The van der Waals surface area contributed by atoms with Crippen molar-refractivity contribution in [2.24, 2.45) is 5.73 Å². The number of oxazole rings is 1. The van der Waals surface area contributed by atoms with E-state index < -0.39 is 5.54 Å². The van der Waals surface area contributed by atoms with Crippen molar-refractivity contribution in [1.29, 1.82) is 0 Å². The third-order valence-corrected chi connectivity index (χ3v) is 5.01. The summed E-state index contributed by atoms with van der Waals surface area (Å²) in [7, 11) is 0. The molecule has 2 aromatic heterocycles. The molecule has 6 nitrogen and oxygen atoms in total. The van der Waals surface area contributed by atoms with Crippen molar-refractivity contribution >= 4 is 35.6 Å². The average Bonchev–Trinajstić information content (AvgIpc) is 3.20. The van der Waals surface area contributed by atoms with Crippen LogP contribution in [0.4, 0.5) is 0 Å². The number of benzene rings is 1. The van der Waals surface area contributed by atoms with Crippen molar-refractivity contribution in [3.8, 4) is 11.3 Å². The van der Waals surface area contributed by atoms with Crippen molar-refractivity contribution in [2.45, 2.75) is 37.6 Å². The summed E-state index contributed by atoms with van der Waals surface area (Å²) in [6.45, 7) is 0. The highest BCUT2D eigenvalue weighted by Crippen LogP contribution is 2.37. The monoisotopic (exact) mass is 414 g/mol. The minimum absolute atomic E-state index is 0. The molecule has 0 saturated heterocycles. The molecule has 0 unspecified atom stereocenters. The van der Waals surface area contributed by atoms with Gasteiger partial charge in [-0.3, -0.25) is 0 Å². The number of aromatic nitrogens is 3. The Bertz CT molecular complexity index is 905. The van der Waals surface area contributed by atoms with Gasteiger partial charge in [0, 0.05) is 23.4 Å². The molecule has 0 amide bonds. The Hall–Kier alpha value is -1.60. The van der Waals surface area contributed by atoms with Crippen LogP contribution in [0, 0.1) is 0 Å². The van der Waals surface area contributed by atoms with Crippen LogP contribution in [0.3, 0.4) is 0 Å². The molecule has 2 heterocycles. The molecule has 0 atom stereocenters. The van der Waals surface area contributed by atoms with Crippen LogP contribution in [0.25, 0.3) is 11.3 Å². The maximum atomic E-state index is 6.20. The number of nitrogens with two attached hydrogens (primary N) is 1. The number of hydrogen-bond acceptors (Lipinski definition) is 6. The van der Waals surface area contributed by atoms with Gasteiger partial charge in [0.25, 0.3) is 0 Å². The molecular formula is C17H17Cl3N4O2. The van der Waals surface area contributed by atoms with Crippen LogP contribution < -0.4 is 5.73 Å². The SMILES string of the molecule is Cl.NC1(c2noc(CCc3ncc(-c4ccc(Cl)cc4Cl)o3)n2)CCC1. The van der Waals surface area contributed by atoms with Crippen molar-refractivity contribution in [3.63, 3.8) is 0 Å². The van der Waals surface area contributed by atoms with E-state index >= 15 is 0 Å². The average molecular weight is 416 g/mol. The zero-order chi connectivity index (χ0) is 17.4. The highest BCUT2D eigenvalue weighted by atomic mass is 35.5. The third-order valence-electron chi connectivity index (χ3n) is 4.46. The molecule has 0 spiro atoms. The maximum Gasteiger partial charge on any atom is 0.227 e. The molecule has 4 rings (SSSR count). The van der Waals surface area contributed by atoms with Gasteiger partial charge in [-0.1, -0.05) is 28.4 Å². The highest BCUT2D eigenvalue weighted by molar-refractivity contribution is 6.36. The summed E-state index contributed by atoms with van der Waals surface area (Å²) in [4.78, 5) is 8.68. The van der Waals surface area contributed by atoms with Crippen LogP contribution in [0.15, 0.2) is 33.3 Å². The smallest absolute Gasteiger partial charge is 0.227 e. The summed E-state index contributed by atoms with van der Waals surface area (Å²) in [6.07, 6.45) is 5.63. The standard InChI is InChI=1S/C17H16Cl2N4O2.ClH/c18-10-2-3-11(12(19)8-10)13-9-21-14(24-13)4-5-15-22-16(23-25-15)17(20)6-1-7-17;/h2-3,8-9H,1,4-7,20H2;1H. The fourth-order valence-corrected chi connectivity index (χ4v) is 3.30. The Kier molecular flexibility index (Phi) is 5.58. The van der Waals surface area contributed by atoms with E-state index in [-0.39, 0.29) is 12.4 Å². The van der Waals surface area contributed by atoms with E-state index in [0.717, 1.165) is 24.8 Å². The molecular weight excluding hydrogens is 399 g/mol. The van der Waals surface area contributed by atoms with E-state index in [4.69, 9.17) is 37.9 Å². The van der Waals surface area contributed by atoms with E-state index in [1.807, 2.05) is 0 Å². The minimum Gasteiger partial charge on any atom is -0.441 e. The first-order chi connectivity index (χ1) is 12.0. The van der Waals surface area contributed by atoms with Gasteiger partial charge in [0.05, 0.1) is 16.8 Å². The number of hydrogen-bond donors (Lipinski definition) is 1. The second-order valence-corrected chi connectivity index (χ2v) is 7.11. The van der Waals surface area contributed by atoms with Crippen LogP contribution in [0.5, 0.6) is 0 Å². The lowest BCUT2D eigenvalue weighted by molar-refractivity contribution is 0.229. The molecule has 1 aliphatic carbocycles. The van der Waals surface area contributed by atoms with Crippen LogP contribution in [-0.2, 0) is 18.4 Å². The lowest BCUT2D eigenvalue weighted by Crippen LogP contribution is -2.44. The molecule has 1 aromatic carbocycles. The largest absolute Gasteiger partial charge is 0.441 e. The molecule has 1 fully saturated rings. The number of nitrogens with zero attached hydrogens (tertiary/aromatic N) is 3. The Labute approximate surface area is 166 Å². The predicted molar refractivity (Wildman–Crippen MR) is 101 cm³/mol. The van der Waals surface area contributed by atoms with E-state index in [1.165, 1.54) is 0 Å². The summed E-state index contributed by atoms with van der Waals surface area (Å²) in [5.41, 5.74) is 6.54. The fraction of sp³-hybridized carbons (Fsp3) is 0.353. The molecule has 0 radical (unpaired) electrons. The first-order valence-corrected chi connectivity index (χ1v) is 8.81. The molecule has 0 aliphatic heterocycles. The Balaban J connectivity index is 0.00000196. The third kappa shape index (κ3) is 3.74. The Morgan fingerprint density at radius 3 is 2.62 bits per heavy atom. The van der Waals surface area contributed by atoms with Gasteiger partial charge in [-0.2, -0.15) is 4.98 Å². The van der Waals surface area contributed by atoms with Gasteiger partial charge < -0.3 is 14.7 Å². The van der Waals surface area contributed by atoms with Gasteiger partial charge >= 0.3 is 0 Å². The number of halogens is 3. The quantitative estimate of drug-likeness (QED) is 0.656. The topological polar surface area (TPSA) is 91.0 Å². The van der Waals surface area contributed by atoms with Gasteiger partial charge in [-0.15, -0.1) is 12.4 Å². The maximum absolute atomic E-state index is 6.20. The summed E-state index contributed by atoms with van der Waals surface area (Å²) >= 11 is 12.1. The molecule has 0 bridgehead atoms. The van der Waals surface area contributed by atoms with E-state index in [9.17, 15) is 0 Å². The van der Waals surface area contributed by atoms with Gasteiger partial charge in [0.15, 0.2) is 17.5 Å². The van der Waals surface area contributed by atoms with E-state index in [0.29, 0.717) is 46.3 Å². The molecule has 2 N–H and O–H groups in total. The lowest BCUT2D eigenvalue weighted by atomic mass is 9.77. The highest BCUT2D eigenvalue weighted by Gasteiger charge is 2.38. The van der Waals surface area contributed by atoms with Crippen LogP contribution in [-0.4, -0.2) is 15.1 Å². The second-order valence-electron chi connectivity index (χ2n) is 6.26. The Morgan fingerprint density at radius 2 is 1.92 bits per heavy atom. The summed E-state index contributed by atoms with van der Waals surface area (Å²) < 4.78 is 11.1. The summed E-state index contributed by atoms with van der Waals surface area (Å²) in [5.74, 6) is 2.30. The van der Waals surface area contributed by atoms with Crippen LogP contribution in [0.2, 0.25) is 10.0 Å². The molecule has 3 aromatic rings. The Morgan fingerprint density at radius 1 is 1.15 bits per heavy atom. The van der Waals surface area contributed by atoms with Crippen LogP contribution >= 0.6 is 35.6 Å². The first kappa shape index (κ1) is 19.2. The number of aryl methyl sites for hydroxylation is 2. The van der Waals surface area contributed by atoms with E-state index in [2.05, 4.69) is 15.1 Å². The van der Waals surface area contributed by atoms with Crippen molar-refractivity contribution in [2.75, 3.05) is 0 Å². The first-order valence-electron chi connectivity index (χ1n) is 8.06. The zero-order valence-corrected chi connectivity index (χ0v) is 16.1. The van der Waals surface area contributed by atoms with Gasteiger partial charge in [-0.25, -0.2) is 4.98 Å². The van der Waals surface area contributed by atoms with Gasteiger partial charge in [0.1, 0.15) is 0 Å². The fourth-order valence-electron chi connectivity index (χ4n) is 2.79. The zero-order valence-electron chi connectivity index (χ0n) is 13.7. The molecule has 1 aliphatic rings. The van der Waals surface area contributed by atoms with Crippen molar-refractivity contribution < 1.29 is 8.94 Å². The lowest BCUT2D eigenvalue weighted by Gasteiger charge is -2.34. The molecule has 26 heavy (non-hydrogen) atoms. The van der Waals surface area contributed by atoms with Crippen molar-refractivity contribution in [3.05, 3.63) is 52.0 Å². The minimum atomic E-state index is -0.414. The molecule has 138 valence electrons. The number of rotatable bonds is 5. The molecule has 9 heteroatoms. The summed E-state index contributed by atoms with van der Waals surface area (Å²) in [5, 5.41) is 5.10. The second kappa shape index (κ2) is 7.56.